The van der Waals surface area contributed by atoms with Gasteiger partial charge in [0, 0.05) is 6.92 Å². The van der Waals surface area contributed by atoms with E-state index in [1.54, 1.807) is 48.5 Å². The summed E-state index contributed by atoms with van der Waals surface area (Å²) in [6, 6.07) is 11.6. The van der Waals surface area contributed by atoms with Crippen molar-refractivity contribution in [2.24, 2.45) is 4.99 Å². The third kappa shape index (κ3) is 3.90. The molecule has 0 aliphatic carbocycles. The quantitative estimate of drug-likeness (QED) is 0.456. The number of hydrogen-bond donors (Lipinski definition) is 0. The number of hydrogen-bond acceptors (Lipinski definition) is 5. The SMILES string of the molecule is CC(=O)Oc1ccc(C=C2N=C(c3cccc(Cl)c3Cl)OC2=O)cc1. The second-order valence-electron chi connectivity index (χ2n) is 5.10. The summed E-state index contributed by atoms with van der Waals surface area (Å²) in [6.45, 7) is 1.32. The molecule has 0 radical (unpaired) electrons. The molecule has 0 saturated carbocycles. The Morgan fingerprint density at radius 3 is 2.56 bits per heavy atom. The van der Waals surface area contributed by atoms with Crippen LogP contribution in [0.2, 0.25) is 10.0 Å². The lowest BCUT2D eigenvalue weighted by Gasteiger charge is -2.03. The summed E-state index contributed by atoms with van der Waals surface area (Å²) >= 11 is 12.1. The number of carbonyl (C=O) groups is 2. The first-order valence-corrected chi connectivity index (χ1v) is 7.95. The summed E-state index contributed by atoms with van der Waals surface area (Å²) in [5.41, 5.74) is 1.27. The Labute approximate surface area is 153 Å². The summed E-state index contributed by atoms with van der Waals surface area (Å²) in [7, 11) is 0. The molecule has 7 heteroatoms. The molecule has 0 atom stereocenters. The summed E-state index contributed by atoms with van der Waals surface area (Å²) in [5.74, 6) is -0.480. The summed E-state index contributed by atoms with van der Waals surface area (Å²) in [4.78, 5) is 27.1. The maximum atomic E-state index is 12.0. The molecule has 0 saturated heterocycles. The van der Waals surface area contributed by atoms with E-state index in [1.807, 2.05) is 0 Å². The van der Waals surface area contributed by atoms with Crippen LogP contribution in [0.25, 0.3) is 6.08 Å². The molecule has 0 bridgehead atoms. The Balaban J connectivity index is 1.88. The predicted molar refractivity (Wildman–Crippen MR) is 94.8 cm³/mol. The fraction of sp³-hybridized carbons (Fsp3) is 0.0556. The van der Waals surface area contributed by atoms with E-state index in [0.29, 0.717) is 21.9 Å². The standard InChI is InChI=1S/C18H11Cl2NO4/c1-10(22)24-12-7-5-11(6-8-12)9-15-18(23)25-17(21-15)13-3-2-4-14(19)16(13)20/h2-9H,1H3. The van der Waals surface area contributed by atoms with Gasteiger partial charge in [-0.1, -0.05) is 41.4 Å². The highest BCUT2D eigenvalue weighted by Gasteiger charge is 2.26. The molecule has 2 aromatic carbocycles. The fourth-order valence-corrected chi connectivity index (χ4v) is 2.53. The fourth-order valence-electron chi connectivity index (χ4n) is 2.15. The molecule has 1 aliphatic heterocycles. The molecule has 0 N–H and O–H groups in total. The van der Waals surface area contributed by atoms with Crippen LogP contribution < -0.4 is 4.74 Å². The van der Waals surface area contributed by atoms with E-state index in [2.05, 4.69) is 4.99 Å². The van der Waals surface area contributed by atoms with Crippen molar-refractivity contribution >= 4 is 47.1 Å². The molecular weight excluding hydrogens is 365 g/mol. The minimum absolute atomic E-state index is 0.0975. The maximum Gasteiger partial charge on any atom is 0.363 e. The number of aliphatic imine (C=N–C) groups is 1. The Hall–Kier alpha value is -2.63. The zero-order chi connectivity index (χ0) is 18.0. The number of cyclic esters (lactones) is 1. The lowest BCUT2D eigenvalue weighted by Crippen LogP contribution is -2.06. The van der Waals surface area contributed by atoms with Crippen LogP contribution in [-0.4, -0.2) is 17.8 Å². The van der Waals surface area contributed by atoms with Gasteiger partial charge in [0.1, 0.15) is 5.75 Å². The predicted octanol–water partition coefficient (Wildman–Crippen LogP) is 4.26. The molecule has 1 heterocycles. The number of rotatable bonds is 3. The van der Waals surface area contributed by atoms with Crippen LogP contribution >= 0.6 is 23.2 Å². The monoisotopic (exact) mass is 375 g/mol. The van der Waals surface area contributed by atoms with Gasteiger partial charge in [-0.2, -0.15) is 0 Å². The highest BCUT2D eigenvalue weighted by atomic mass is 35.5. The summed E-state index contributed by atoms with van der Waals surface area (Å²) < 4.78 is 10.1. The highest BCUT2D eigenvalue weighted by Crippen LogP contribution is 2.29. The van der Waals surface area contributed by atoms with Crippen LogP contribution in [0.15, 0.2) is 53.2 Å². The average Bonchev–Trinajstić information content (AvgIpc) is 2.92. The Kier molecular flexibility index (Phi) is 4.88. The van der Waals surface area contributed by atoms with Crippen molar-refractivity contribution in [2.45, 2.75) is 6.92 Å². The van der Waals surface area contributed by atoms with Crippen LogP contribution in [-0.2, 0) is 14.3 Å². The highest BCUT2D eigenvalue weighted by molar-refractivity contribution is 6.44. The molecule has 25 heavy (non-hydrogen) atoms. The minimum Gasteiger partial charge on any atom is -0.427 e. The zero-order valence-electron chi connectivity index (χ0n) is 13.0. The molecule has 5 nitrogen and oxygen atoms in total. The second-order valence-corrected chi connectivity index (χ2v) is 5.89. The van der Waals surface area contributed by atoms with Crippen LogP contribution in [0.4, 0.5) is 0 Å². The average molecular weight is 376 g/mol. The van der Waals surface area contributed by atoms with Gasteiger partial charge >= 0.3 is 11.9 Å². The lowest BCUT2D eigenvalue weighted by molar-refractivity contribution is -0.132. The first kappa shape index (κ1) is 17.2. The van der Waals surface area contributed by atoms with Crippen molar-refractivity contribution in [1.82, 2.24) is 0 Å². The largest absolute Gasteiger partial charge is 0.427 e. The van der Waals surface area contributed by atoms with E-state index in [-0.39, 0.29) is 16.6 Å². The number of halogens is 2. The number of benzene rings is 2. The molecule has 0 aromatic heterocycles. The van der Waals surface area contributed by atoms with Crippen molar-refractivity contribution in [3.05, 3.63) is 69.3 Å². The van der Waals surface area contributed by atoms with Crippen LogP contribution in [0.1, 0.15) is 18.1 Å². The van der Waals surface area contributed by atoms with Gasteiger partial charge in [-0.3, -0.25) is 4.79 Å². The maximum absolute atomic E-state index is 12.0. The van der Waals surface area contributed by atoms with Gasteiger partial charge < -0.3 is 9.47 Å². The number of carbonyl (C=O) groups excluding carboxylic acids is 2. The normalized spacial score (nSPS) is 15.1. The zero-order valence-corrected chi connectivity index (χ0v) is 14.5. The van der Waals surface area contributed by atoms with Crippen molar-refractivity contribution in [3.8, 4) is 5.75 Å². The summed E-state index contributed by atoms with van der Waals surface area (Å²) in [5, 5.41) is 0.610. The molecule has 1 aliphatic rings. The molecule has 0 unspecified atom stereocenters. The molecule has 3 rings (SSSR count). The van der Waals surface area contributed by atoms with Crippen molar-refractivity contribution < 1.29 is 19.1 Å². The van der Waals surface area contributed by atoms with Crippen molar-refractivity contribution in [2.75, 3.05) is 0 Å². The number of nitrogens with zero attached hydrogens (tertiary/aromatic N) is 1. The van der Waals surface area contributed by atoms with Crippen LogP contribution in [0.5, 0.6) is 5.75 Å². The van der Waals surface area contributed by atoms with E-state index >= 15 is 0 Å². The molecule has 2 aromatic rings. The first-order valence-electron chi connectivity index (χ1n) is 7.19. The van der Waals surface area contributed by atoms with E-state index in [9.17, 15) is 9.59 Å². The Bertz CT molecular complexity index is 917. The lowest BCUT2D eigenvalue weighted by atomic mass is 10.2. The second kappa shape index (κ2) is 7.09. The number of esters is 2. The third-order valence-corrected chi connectivity index (χ3v) is 4.07. The van der Waals surface area contributed by atoms with Gasteiger partial charge in [0.25, 0.3) is 0 Å². The summed E-state index contributed by atoms with van der Waals surface area (Å²) in [6.07, 6.45) is 1.56. The molecule has 0 fully saturated rings. The van der Waals surface area contributed by atoms with E-state index < -0.39 is 11.9 Å². The molecular formula is C18H11Cl2NO4. The van der Waals surface area contributed by atoms with Gasteiger partial charge in [0.15, 0.2) is 5.70 Å². The van der Waals surface area contributed by atoms with Crippen LogP contribution in [0.3, 0.4) is 0 Å². The van der Waals surface area contributed by atoms with Gasteiger partial charge in [0.05, 0.1) is 15.6 Å². The van der Waals surface area contributed by atoms with Crippen molar-refractivity contribution in [3.63, 3.8) is 0 Å². The van der Waals surface area contributed by atoms with Gasteiger partial charge in [0.2, 0.25) is 5.90 Å². The Morgan fingerprint density at radius 2 is 1.88 bits per heavy atom. The van der Waals surface area contributed by atoms with Gasteiger partial charge in [-0.25, -0.2) is 9.79 Å². The van der Waals surface area contributed by atoms with E-state index in [4.69, 9.17) is 32.7 Å². The Morgan fingerprint density at radius 1 is 1.16 bits per heavy atom. The molecule has 126 valence electrons. The number of ether oxygens (including phenoxy) is 2. The molecule has 0 amide bonds. The minimum atomic E-state index is -0.588. The van der Waals surface area contributed by atoms with Gasteiger partial charge in [-0.15, -0.1) is 0 Å². The van der Waals surface area contributed by atoms with Crippen molar-refractivity contribution in [1.29, 1.82) is 0 Å². The van der Waals surface area contributed by atoms with E-state index in [1.165, 1.54) is 6.92 Å². The smallest absolute Gasteiger partial charge is 0.363 e. The van der Waals surface area contributed by atoms with E-state index in [0.717, 1.165) is 0 Å². The van der Waals surface area contributed by atoms with Gasteiger partial charge in [-0.05, 0) is 35.9 Å². The van der Waals surface area contributed by atoms with Crippen LogP contribution in [0, 0.1) is 0 Å². The molecule has 0 spiro atoms. The third-order valence-electron chi connectivity index (χ3n) is 3.25. The topological polar surface area (TPSA) is 65.0 Å². The first-order chi connectivity index (χ1) is 11.9.